The number of hydrogen-bond acceptors (Lipinski definition) is 2. The van der Waals surface area contributed by atoms with Crippen LogP contribution in [0.1, 0.15) is 25.7 Å². The standard InChI is InChI=1S/C19H19F2NO/c20-17-8-13(12-4-2-1-3-5-12)9-18(19(17)21)23-16-10-14-6-7-15(11-16)22-14/h1-5,8-9,14-16,22H,6-7,10-11H2/t14-,15+,16-. The summed E-state index contributed by atoms with van der Waals surface area (Å²) < 4.78 is 34.0. The molecule has 0 spiro atoms. The largest absolute Gasteiger partial charge is 0.487 e. The van der Waals surface area contributed by atoms with Crippen LogP contribution in [0.15, 0.2) is 42.5 Å². The second-order valence-electron chi connectivity index (χ2n) is 6.49. The van der Waals surface area contributed by atoms with E-state index < -0.39 is 11.6 Å². The number of benzene rings is 2. The summed E-state index contributed by atoms with van der Waals surface area (Å²) >= 11 is 0. The van der Waals surface area contributed by atoms with Gasteiger partial charge in [-0.1, -0.05) is 30.3 Å². The smallest absolute Gasteiger partial charge is 0.200 e. The van der Waals surface area contributed by atoms with E-state index >= 15 is 0 Å². The molecule has 2 saturated heterocycles. The normalized spacial score (nSPS) is 26.3. The fraction of sp³-hybridized carbons (Fsp3) is 0.368. The van der Waals surface area contributed by atoms with Gasteiger partial charge < -0.3 is 10.1 Å². The lowest BCUT2D eigenvalue weighted by Gasteiger charge is -2.29. The lowest BCUT2D eigenvalue weighted by molar-refractivity contribution is 0.131. The molecule has 0 saturated carbocycles. The molecule has 2 bridgehead atoms. The Kier molecular flexibility index (Phi) is 3.77. The first kappa shape index (κ1) is 14.6. The second kappa shape index (κ2) is 5.93. The Balaban J connectivity index is 1.61. The monoisotopic (exact) mass is 315 g/mol. The van der Waals surface area contributed by atoms with Crippen molar-refractivity contribution in [1.29, 1.82) is 0 Å². The maximum absolute atomic E-state index is 14.1. The van der Waals surface area contributed by atoms with Crippen molar-refractivity contribution in [2.24, 2.45) is 0 Å². The third-order valence-corrected chi connectivity index (χ3v) is 4.83. The summed E-state index contributed by atoms with van der Waals surface area (Å²) in [7, 11) is 0. The number of hydrogen-bond donors (Lipinski definition) is 1. The summed E-state index contributed by atoms with van der Waals surface area (Å²) in [4.78, 5) is 0. The number of rotatable bonds is 3. The number of piperidine rings is 1. The Morgan fingerprint density at radius 2 is 1.61 bits per heavy atom. The zero-order chi connectivity index (χ0) is 15.8. The molecule has 0 radical (unpaired) electrons. The minimum absolute atomic E-state index is 0.0233. The molecule has 23 heavy (non-hydrogen) atoms. The van der Waals surface area contributed by atoms with Crippen molar-refractivity contribution in [2.45, 2.75) is 43.9 Å². The van der Waals surface area contributed by atoms with Crippen LogP contribution >= 0.6 is 0 Å². The Labute approximate surface area is 134 Å². The Morgan fingerprint density at radius 1 is 0.913 bits per heavy atom. The van der Waals surface area contributed by atoms with Crippen molar-refractivity contribution in [3.63, 3.8) is 0 Å². The summed E-state index contributed by atoms with van der Waals surface area (Å²) in [6.07, 6.45) is 3.95. The van der Waals surface area contributed by atoms with Gasteiger partial charge in [0.15, 0.2) is 11.6 Å². The number of fused-ring (bicyclic) bond motifs is 2. The van der Waals surface area contributed by atoms with E-state index in [2.05, 4.69) is 5.32 Å². The lowest BCUT2D eigenvalue weighted by Crippen LogP contribution is -2.42. The molecule has 3 atom stereocenters. The van der Waals surface area contributed by atoms with E-state index in [1.54, 1.807) is 6.07 Å². The van der Waals surface area contributed by atoms with Gasteiger partial charge in [0.25, 0.3) is 0 Å². The van der Waals surface area contributed by atoms with Gasteiger partial charge in [0, 0.05) is 12.1 Å². The van der Waals surface area contributed by atoms with Crippen molar-refractivity contribution in [3.8, 4) is 16.9 Å². The molecular weight excluding hydrogens is 296 g/mol. The molecule has 2 heterocycles. The summed E-state index contributed by atoms with van der Waals surface area (Å²) in [6.45, 7) is 0. The zero-order valence-corrected chi connectivity index (χ0v) is 12.8. The lowest BCUT2D eigenvalue weighted by atomic mass is 10.0. The Morgan fingerprint density at radius 3 is 2.30 bits per heavy atom. The molecule has 2 aliphatic rings. The topological polar surface area (TPSA) is 21.3 Å². The summed E-state index contributed by atoms with van der Waals surface area (Å²) in [5.74, 6) is -1.73. The van der Waals surface area contributed by atoms with Crippen LogP contribution in [0, 0.1) is 11.6 Å². The molecule has 4 heteroatoms. The van der Waals surface area contributed by atoms with Gasteiger partial charge in [-0.2, -0.15) is 4.39 Å². The second-order valence-corrected chi connectivity index (χ2v) is 6.49. The van der Waals surface area contributed by atoms with E-state index in [1.807, 2.05) is 30.3 Å². The number of nitrogens with one attached hydrogen (secondary N) is 1. The first-order valence-electron chi connectivity index (χ1n) is 8.16. The highest BCUT2D eigenvalue weighted by Gasteiger charge is 2.35. The van der Waals surface area contributed by atoms with Gasteiger partial charge in [-0.15, -0.1) is 0 Å². The van der Waals surface area contributed by atoms with E-state index in [0.29, 0.717) is 17.6 Å². The van der Waals surface area contributed by atoms with Crippen LogP contribution < -0.4 is 10.1 Å². The number of ether oxygens (including phenoxy) is 1. The van der Waals surface area contributed by atoms with Crippen LogP contribution in [-0.4, -0.2) is 18.2 Å². The van der Waals surface area contributed by atoms with E-state index in [0.717, 1.165) is 31.2 Å². The van der Waals surface area contributed by atoms with Gasteiger partial charge in [0.2, 0.25) is 5.82 Å². The van der Waals surface area contributed by atoms with Crippen molar-refractivity contribution in [3.05, 3.63) is 54.1 Å². The molecule has 2 nitrogen and oxygen atoms in total. The molecule has 4 rings (SSSR count). The van der Waals surface area contributed by atoms with Crippen molar-refractivity contribution >= 4 is 0 Å². The highest BCUT2D eigenvalue weighted by atomic mass is 19.2. The average molecular weight is 315 g/mol. The van der Waals surface area contributed by atoms with E-state index in [4.69, 9.17) is 4.74 Å². The molecule has 0 amide bonds. The molecule has 0 aliphatic carbocycles. The predicted molar refractivity (Wildman–Crippen MR) is 85.4 cm³/mol. The molecule has 1 N–H and O–H groups in total. The van der Waals surface area contributed by atoms with Crippen molar-refractivity contribution in [1.82, 2.24) is 5.32 Å². The van der Waals surface area contributed by atoms with Crippen molar-refractivity contribution in [2.75, 3.05) is 0 Å². The van der Waals surface area contributed by atoms with E-state index in [-0.39, 0.29) is 11.9 Å². The molecule has 2 aliphatic heterocycles. The third-order valence-electron chi connectivity index (χ3n) is 4.83. The average Bonchev–Trinajstić information content (AvgIpc) is 2.91. The molecule has 2 aromatic carbocycles. The highest BCUT2D eigenvalue weighted by Crippen LogP contribution is 2.33. The van der Waals surface area contributed by atoms with Gasteiger partial charge >= 0.3 is 0 Å². The summed E-state index contributed by atoms with van der Waals surface area (Å²) in [5.41, 5.74) is 1.48. The fourth-order valence-corrected chi connectivity index (χ4v) is 3.73. The predicted octanol–water partition coefficient (Wildman–Crippen LogP) is 4.29. The van der Waals surface area contributed by atoms with Gasteiger partial charge in [0.05, 0.1) is 0 Å². The molecule has 0 unspecified atom stereocenters. The van der Waals surface area contributed by atoms with Gasteiger partial charge in [-0.05, 0) is 48.9 Å². The SMILES string of the molecule is Fc1cc(-c2ccccc2)cc(O[C@@H]2C[C@H]3CC[C@@H](C2)N3)c1F. The van der Waals surface area contributed by atoms with Crippen LogP contribution in [0.25, 0.3) is 11.1 Å². The van der Waals surface area contributed by atoms with Crippen LogP contribution in [0.2, 0.25) is 0 Å². The zero-order valence-electron chi connectivity index (χ0n) is 12.8. The quantitative estimate of drug-likeness (QED) is 0.912. The highest BCUT2D eigenvalue weighted by molar-refractivity contribution is 5.65. The van der Waals surface area contributed by atoms with Gasteiger partial charge in [-0.25, -0.2) is 4.39 Å². The molecular formula is C19H19F2NO. The minimum atomic E-state index is -0.893. The molecule has 2 fully saturated rings. The third kappa shape index (κ3) is 2.95. The number of halogens is 2. The maximum Gasteiger partial charge on any atom is 0.200 e. The maximum atomic E-state index is 14.1. The van der Waals surface area contributed by atoms with Crippen LogP contribution in [-0.2, 0) is 0 Å². The van der Waals surface area contributed by atoms with E-state index in [1.165, 1.54) is 6.07 Å². The van der Waals surface area contributed by atoms with Gasteiger partial charge in [-0.3, -0.25) is 0 Å². The summed E-state index contributed by atoms with van der Waals surface area (Å²) in [6, 6.07) is 13.1. The Bertz CT molecular complexity index is 692. The van der Waals surface area contributed by atoms with Crippen LogP contribution in [0.4, 0.5) is 8.78 Å². The Hall–Kier alpha value is -1.94. The van der Waals surface area contributed by atoms with Crippen LogP contribution in [0.5, 0.6) is 5.75 Å². The van der Waals surface area contributed by atoms with Gasteiger partial charge in [0.1, 0.15) is 6.10 Å². The van der Waals surface area contributed by atoms with Crippen molar-refractivity contribution < 1.29 is 13.5 Å². The first-order chi connectivity index (χ1) is 11.2. The summed E-state index contributed by atoms with van der Waals surface area (Å²) in [5, 5.41) is 3.52. The molecule has 120 valence electrons. The molecule has 2 aromatic rings. The molecule has 0 aromatic heterocycles. The first-order valence-corrected chi connectivity index (χ1v) is 8.16. The fourth-order valence-electron chi connectivity index (χ4n) is 3.73. The van der Waals surface area contributed by atoms with Crippen LogP contribution in [0.3, 0.4) is 0 Å². The minimum Gasteiger partial charge on any atom is -0.487 e. The van der Waals surface area contributed by atoms with E-state index in [9.17, 15) is 8.78 Å².